The highest BCUT2D eigenvalue weighted by Gasteiger charge is 2.18. The van der Waals surface area contributed by atoms with E-state index in [0.29, 0.717) is 6.04 Å². The summed E-state index contributed by atoms with van der Waals surface area (Å²) in [7, 11) is 2.06. The largest absolute Gasteiger partial charge is 0.379 e. The van der Waals surface area contributed by atoms with Crippen molar-refractivity contribution < 1.29 is 4.74 Å². The fraction of sp³-hybridized carbons (Fsp3) is 0.667. The minimum atomic E-state index is 0.505. The normalized spacial score (nSPS) is 18.9. The molecule has 1 fully saturated rings. The number of anilines is 1. The van der Waals surface area contributed by atoms with Crippen molar-refractivity contribution in [3.8, 4) is 0 Å². The van der Waals surface area contributed by atoms with E-state index >= 15 is 0 Å². The van der Waals surface area contributed by atoms with Crippen molar-refractivity contribution in [1.29, 1.82) is 0 Å². The van der Waals surface area contributed by atoms with Gasteiger partial charge in [0.25, 0.3) is 0 Å². The first kappa shape index (κ1) is 12.3. The van der Waals surface area contributed by atoms with Gasteiger partial charge in [0.2, 0.25) is 0 Å². The third-order valence-corrected chi connectivity index (χ3v) is 3.15. The van der Waals surface area contributed by atoms with Gasteiger partial charge in [-0.2, -0.15) is 0 Å². The summed E-state index contributed by atoms with van der Waals surface area (Å²) < 4.78 is 5.36. The van der Waals surface area contributed by atoms with Crippen LogP contribution in [0.4, 0.5) is 5.82 Å². The molecule has 5 nitrogen and oxygen atoms in total. The monoisotopic (exact) mass is 236 g/mol. The Hall–Kier alpha value is -1.20. The van der Waals surface area contributed by atoms with Gasteiger partial charge in [-0.1, -0.05) is 0 Å². The number of likely N-dealkylation sites (N-methyl/N-ethyl adjacent to an activating group) is 1. The highest BCUT2D eigenvalue weighted by Crippen LogP contribution is 2.09. The number of hydrogen-bond donors (Lipinski definition) is 0. The van der Waals surface area contributed by atoms with Crippen molar-refractivity contribution in [3.63, 3.8) is 0 Å². The van der Waals surface area contributed by atoms with E-state index in [4.69, 9.17) is 4.74 Å². The molecule has 1 unspecified atom stereocenters. The molecule has 0 N–H and O–H groups in total. The van der Waals surface area contributed by atoms with E-state index in [2.05, 4.69) is 33.7 Å². The van der Waals surface area contributed by atoms with Crippen LogP contribution in [-0.2, 0) is 4.74 Å². The summed E-state index contributed by atoms with van der Waals surface area (Å²) in [5, 5.41) is 0. The lowest BCUT2D eigenvalue weighted by Crippen LogP contribution is -2.46. The fourth-order valence-corrected chi connectivity index (χ4v) is 2.11. The molecule has 2 heterocycles. The summed E-state index contributed by atoms with van der Waals surface area (Å²) in [6.45, 7) is 6.94. The average Bonchev–Trinajstić information content (AvgIpc) is 2.40. The Morgan fingerprint density at radius 3 is 2.82 bits per heavy atom. The maximum atomic E-state index is 5.36. The van der Waals surface area contributed by atoms with Crippen LogP contribution in [0, 0.1) is 0 Å². The highest BCUT2D eigenvalue weighted by atomic mass is 16.5. The molecule has 5 heteroatoms. The minimum Gasteiger partial charge on any atom is -0.379 e. The zero-order valence-corrected chi connectivity index (χ0v) is 10.5. The molecule has 94 valence electrons. The molecule has 1 aromatic heterocycles. The van der Waals surface area contributed by atoms with Crippen molar-refractivity contribution >= 4 is 5.82 Å². The van der Waals surface area contributed by atoms with Crippen LogP contribution in [0.2, 0.25) is 0 Å². The second-order valence-corrected chi connectivity index (χ2v) is 4.44. The topological polar surface area (TPSA) is 41.5 Å². The Morgan fingerprint density at radius 2 is 2.18 bits per heavy atom. The highest BCUT2D eigenvalue weighted by molar-refractivity contribution is 5.33. The van der Waals surface area contributed by atoms with E-state index in [-0.39, 0.29) is 0 Å². The molecule has 0 amide bonds. The zero-order valence-electron chi connectivity index (χ0n) is 10.5. The molecular weight excluding hydrogens is 216 g/mol. The van der Waals surface area contributed by atoms with Crippen LogP contribution in [-0.4, -0.2) is 60.8 Å². The van der Waals surface area contributed by atoms with Crippen LogP contribution < -0.4 is 4.90 Å². The molecule has 1 aliphatic rings. The van der Waals surface area contributed by atoms with Crippen LogP contribution in [0.1, 0.15) is 6.92 Å². The van der Waals surface area contributed by atoms with E-state index in [0.717, 1.165) is 38.7 Å². The van der Waals surface area contributed by atoms with E-state index in [1.54, 1.807) is 18.6 Å². The van der Waals surface area contributed by atoms with Gasteiger partial charge in [-0.25, -0.2) is 4.98 Å². The number of hydrogen-bond acceptors (Lipinski definition) is 5. The van der Waals surface area contributed by atoms with Gasteiger partial charge in [0, 0.05) is 45.1 Å². The van der Waals surface area contributed by atoms with Crippen LogP contribution in [0.3, 0.4) is 0 Å². The number of morpholine rings is 1. The smallest absolute Gasteiger partial charge is 0.146 e. The first-order chi connectivity index (χ1) is 8.27. The van der Waals surface area contributed by atoms with E-state index in [1.165, 1.54) is 0 Å². The molecule has 1 atom stereocenters. The predicted octanol–water partition coefficient (Wildman–Crippen LogP) is 0.633. The summed E-state index contributed by atoms with van der Waals surface area (Å²) in [5.74, 6) is 0.924. The number of aromatic nitrogens is 2. The molecule has 0 bridgehead atoms. The fourth-order valence-electron chi connectivity index (χ4n) is 2.11. The number of rotatable bonds is 4. The third kappa shape index (κ3) is 3.38. The molecule has 1 aromatic rings. The first-order valence-corrected chi connectivity index (χ1v) is 6.06. The molecule has 2 rings (SSSR count). The molecule has 1 saturated heterocycles. The Bertz CT molecular complexity index is 327. The lowest BCUT2D eigenvalue weighted by atomic mass is 10.2. The van der Waals surface area contributed by atoms with Crippen LogP contribution >= 0.6 is 0 Å². The zero-order chi connectivity index (χ0) is 12.1. The predicted molar refractivity (Wildman–Crippen MR) is 67.2 cm³/mol. The first-order valence-electron chi connectivity index (χ1n) is 6.06. The lowest BCUT2D eigenvalue weighted by Gasteiger charge is -2.34. The van der Waals surface area contributed by atoms with Gasteiger partial charge >= 0.3 is 0 Å². The standard InChI is InChI=1S/C12H20N4O/c1-11(16-5-7-17-8-6-16)10-15(2)12-9-13-3-4-14-12/h3-4,9,11H,5-8,10H2,1-2H3. The molecule has 0 spiro atoms. The third-order valence-electron chi connectivity index (χ3n) is 3.15. The van der Waals surface area contributed by atoms with E-state index < -0.39 is 0 Å². The van der Waals surface area contributed by atoms with Crippen molar-refractivity contribution in [1.82, 2.24) is 14.9 Å². The Balaban J connectivity index is 1.87. The van der Waals surface area contributed by atoms with Gasteiger partial charge < -0.3 is 9.64 Å². The van der Waals surface area contributed by atoms with E-state index in [9.17, 15) is 0 Å². The summed E-state index contributed by atoms with van der Waals surface area (Å²) in [4.78, 5) is 13.0. The lowest BCUT2D eigenvalue weighted by molar-refractivity contribution is 0.0218. The quantitative estimate of drug-likeness (QED) is 0.767. The summed E-state index contributed by atoms with van der Waals surface area (Å²) in [6.07, 6.45) is 5.22. The van der Waals surface area contributed by atoms with E-state index in [1.807, 2.05) is 0 Å². The Kier molecular flexibility index (Phi) is 4.28. The molecular formula is C12H20N4O. The molecule has 0 saturated carbocycles. The minimum absolute atomic E-state index is 0.505. The molecule has 0 radical (unpaired) electrons. The summed E-state index contributed by atoms with van der Waals surface area (Å²) >= 11 is 0. The molecule has 1 aliphatic heterocycles. The maximum Gasteiger partial charge on any atom is 0.146 e. The van der Waals surface area contributed by atoms with Gasteiger partial charge in [-0.15, -0.1) is 0 Å². The Labute approximate surface area is 102 Å². The van der Waals surface area contributed by atoms with Gasteiger partial charge in [-0.3, -0.25) is 9.88 Å². The summed E-state index contributed by atoms with van der Waals surface area (Å²) in [5.41, 5.74) is 0. The van der Waals surface area contributed by atoms with Crippen molar-refractivity contribution in [3.05, 3.63) is 18.6 Å². The molecule has 0 aliphatic carbocycles. The maximum absolute atomic E-state index is 5.36. The van der Waals surface area contributed by atoms with Crippen molar-refractivity contribution in [2.24, 2.45) is 0 Å². The van der Waals surface area contributed by atoms with Crippen LogP contribution in [0.15, 0.2) is 18.6 Å². The second kappa shape index (κ2) is 5.93. The van der Waals surface area contributed by atoms with Crippen LogP contribution in [0.25, 0.3) is 0 Å². The molecule has 0 aromatic carbocycles. The SMILES string of the molecule is CC(CN(C)c1cnccn1)N1CCOCC1. The van der Waals surface area contributed by atoms with Gasteiger partial charge in [0.05, 0.1) is 19.4 Å². The van der Waals surface area contributed by atoms with Gasteiger partial charge in [-0.05, 0) is 6.92 Å². The number of ether oxygens (including phenoxy) is 1. The van der Waals surface area contributed by atoms with Crippen LogP contribution in [0.5, 0.6) is 0 Å². The van der Waals surface area contributed by atoms with Gasteiger partial charge in [0.1, 0.15) is 5.82 Å². The van der Waals surface area contributed by atoms with Gasteiger partial charge in [0.15, 0.2) is 0 Å². The summed E-state index contributed by atoms with van der Waals surface area (Å²) in [6, 6.07) is 0.505. The number of nitrogens with zero attached hydrogens (tertiary/aromatic N) is 4. The second-order valence-electron chi connectivity index (χ2n) is 4.44. The molecule has 17 heavy (non-hydrogen) atoms. The van der Waals surface area contributed by atoms with Crippen molar-refractivity contribution in [2.45, 2.75) is 13.0 Å². The Morgan fingerprint density at radius 1 is 1.41 bits per heavy atom. The average molecular weight is 236 g/mol. The van der Waals surface area contributed by atoms with Crippen molar-refractivity contribution in [2.75, 3.05) is 44.8 Å².